The lowest BCUT2D eigenvalue weighted by molar-refractivity contribution is -0.157. The lowest BCUT2D eigenvalue weighted by Crippen LogP contribution is -2.57. The summed E-state index contributed by atoms with van der Waals surface area (Å²) in [5.74, 6) is 1.95. The van der Waals surface area contributed by atoms with Gasteiger partial charge >= 0.3 is 0 Å². The summed E-state index contributed by atoms with van der Waals surface area (Å²) in [4.78, 5) is 28.9. The fourth-order valence-electron chi connectivity index (χ4n) is 5.57. The third kappa shape index (κ3) is 5.90. The summed E-state index contributed by atoms with van der Waals surface area (Å²) in [6.07, 6.45) is 2.75. The predicted octanol–water partition coefficient (Wildman–Crippen LogP) is 6.54. The molecule has 0 bridgehead atoms. The van der Waals surface area contributed by atoms with Crippen LogP contribution in [0.3, 0.4) is 0 Å². The number of ketones is 1. The molecule has 7 heteroatoms. The van der Waals surface area contributed by atoms with E-state index in [4.69, 9.17) is 23.2 Å². The van der Waals surface area contributed by atoms with E-state index in [0.29, 0.717) is 22.4 Å². The number of hydrogen-bond donors (Lipinski definition) is 1. The average molecular weight is 535 g/mol. The van der Waals surface area contributed by atoms with Crippen molar-refractivity contribution in [2.24, 2.45) is 11.3 Å². The van der Waals surface area contributed by atoms with Gasteiger partial charge in [0.2, 0.25) is 5.91 Å². The third-order valence-corrected chi connectivity index (χ3v) is 8.84. The van der Waals surface area contributed by atoms with Gasteiger partial charge in [0.1, 0.15) is 6.61 Å². The van der Waals surface area contributed by atoms with Crippen LogP contribution >= 0.6 is 35.0 Å². The van der Waals surface area contributed by atoms with E-state index in [2.05, 4.69) is 17.9 Å². The van der Waals surface area contributed by atoms with E-state index in [-0.39, 0.29) is 36.1 Å². The maximum atomic E-state index is 14.4. The zero-order valence-electron chi connectivity index (χ0n) is 20.3. The van der Waals surface area contributed by atoms with Gasteiger partial charge in [-0.05, 0) is 66.3 Å². The van der Waals surface area contributed by atoms with Crippen LogP contribution in [0.1, 0.15) is 62.6 Å². The number of benzene rings is 2. The van der Waals surface area contributed by atoms with Crippen LogP contribution in [0.5, 0.6) is 0 Å². The van der Waals surface area contributed by atoms with Gasteiger partial charge in [0, 0.05) is 34.2 Å². The van der Waals surface area contributed by atoms with Crippen molar-refractivity contribution in [3.05, 3.63) is 69.7 Å². The Morgan fingerprint density at radius 3 is 2.46 bits per heavy atom. The van der Waals surface area contributed by atoms with Gasteiger partial charge in [-0.1, -0.05) is 61.3 Å². The van der Waals surface area contributed by atoms with E-state index in [0.717, 1.165) is 35.5 Å². The minimum absolute atomic E-state index is 0.00568. The van der Waals surface area contributed by atoms with Crippen molar-refractivity contribution in [2.75, 3.05) is 18.1 Å². The maximum Gasteiger partial charge on any atom is 0.229 e. The molecule has 35 heavy (non-hydrogen) atoms. The topological polar surface area (TPSA) is 57.6 Å². The molecule has 1 unspecified atom stereocenters. The number of aliphatic hydroxyl groups excluding tert-OH is 1. The van der Waals surface area contributed by atoms with Crippen LogP contribution in [0, 0.1) is 11.3 Å². The summed E-state index contributed by atoms with van der Waals surface area (Å²) < 4.78 is 0. The molecule has 0 aromatic heterocycles. The first-order chi connectivity index (χ1) is 16.8. The summed E-state index contributed by atoms with van der Waals surface area (Å²) >= 11 is 14.5. The summed E-state index contributed by atoms with van der Waals surface area (Å²) in [6.45, 7) is 3.48. The van der Waals surface area contributed by atoms with E-state index in [1.807, 2.05) is 61.2 Å². The Bertz CT molecular complexity index is 1060. The predicted molar refractivity (Wildman–Crippen MR) is 144 cm³/mol. The number of halogens is 2. The number of piperidine rings is 1. The molecule has 2 aromatic carbocycles. The first kappa shape index (κ1) is 26.5. The molecule has 1 aliphatic heterocycles. The van der Waals surface area contributed by atoms with Crippen LogP contribution in [0.15, 0.2) is 48.5 Å². The first-order valence-electron chi connectivity index (χ1n) is 12.3. The molecule has 4 atom stereocenters. The fraction of sp³-hybridized carbons (Fsp3) is 0.500. The van der Waals surface area contributed by atoms with Gasteiger partial charge in [0.25, 0.3) is 0 Å². The van der Waals surface area contributed by atoms with Crippen molar-refractivity contribution in [3.63, 3.8) is 0 Å². The van der Waals surface area contributed by atoms with Crippen LogP contribution in [-0.4, -0.2) is 45.9 Å². The molecule has 188 valence electrons. The summed E-state index contributed by atoms with van der Waals surface area (Å²) in [7, 11) is 0. The molecule has 2 aromatic rings. The number of amides is 1. The highest BCUT2D eigenvalue weighted by Gasteiger charge is 2.54. The first-order valence-corrected chi connectivity index (χ1v) is 14.2. The van der Waals surface area contributed by atoms with E-state index < -0.39 is 12.0 Å². The number of aliphatic hydroxyl groups is 1. The van der Waals surface area contributed by atoms with Crippen molar-refractivity contribution in [2.45, 2.75) is 57.5 Å². The second-order valence-corrected chi connectivity index (χ2v) is 12.3. The van der Waals surface area contributed by atoms with Gasteiger partial charge in [0.15, 0.2) is 5.78 Å². The Morgan fingerprint density at radius 1 is 1.14 bits per heavy atom. The molecule has 1 N–H and O–H groups in total. The highest BCUT2D eigenvalue weighted by atomic mass is 35.5. The number of likely N-dealkylation sites (tertiary alicyclic amines) is 1. The Morgan fingerprint density at radius 2 is 1.86 bits per heavy atom. The number of nitrogens with zero attached hydrogens (tertiary/aromatic N) is 1. The van der Waals surface area contributed by atoms with E-state index >= 15 is 0 Å². The zero-order valence-corrected chi connectivity index (χ0v) is 22.6. The van der Waals surface area contributed by atoms with Crippen LogP contribution in [0.25, 0.3) is 0 Å². The van der Waals surface area contributed by atoms with Gasteiger partial charge in [-0.15, -0.1) is 0 Å². The molecule has 1 saturated heterocycles. The summed E-state index contributed by atoms with van der Waals surface area (Å²) in [5.41, 5.74) is 1.19. The van der Waals surface area contributed by atoms with Crippen molar-refractivity contribution in [1.29, 1.82) is 0 Å². The van der Waals surface area contributed by atoms with Gasteiger partial charge < -0.3 is 10.0 Å². The lowest BCUT2D eigenvalue weighted by Gasteiger charge is -2.52. The van der Waals surface area contributed by atoms with Gasteiger partial charge in [-0.25, -0.2) is 0 Å². The van der Waals surface area contributed by atoms with Gasteiger partial charge in [0.05, 0.1) is 11.5 Å². The SMILES string of the molecule is CCSCC(C1CC1)N1C(=O)[C@@](C)(CC(=O)CO)C[C@H](c2cccc(Cl)c2)[C@H]1c1ccc(Cl)cc1. The number of carbonyl (C=O) groups excluding carboxylic acids is 2. The fourth-order valence-corrected chi connectivity index (χ4v) is 6.80. The van der Waals surface area contributed by atoms with Crippen molar-refractivity contribution in [1.82, 2.24) is 4.90 Å². The third-order valence-electron chi connectivity index (χ3n) is 7.37. The summed E-state index contributed by atoms with van der Waals surface area (Å²) in [5, 5.41) is 10.8. The van der Waals surface area contributed by atoms with Gasteiger partial charge in [-0.2, -0.15) is 11.8 Å². The molecule has 2 fully saturated rings. The minimum atomic E-state index is -0.903. The Hall–Kier alpha value is -1.53. The molecule has 1 amide bonds. The van der Waals surface area contributed by atoms with E-state index in [9.17, 15) is 14.7 Å². The van der Waals surface area contributed by atoms with Crippen molar-refractivity contribution >= 4 is 46.7 Å². The van der Waals surface area contributed by atoms with Crippen molar-refractivity contribution in [3.8, 4) is 0 Å². The Balaban J connectivity index is 1.88. The highest BCUT2D eigenvalue weighted by molar-refractivity contribution is 7.99. The monoisotopic (exact) mass is 533 g/mol. The van der Waals surface area contributed by atoms with Crippen LogP contribution < -0.4 is 0 Å². The number of rotatable bonds is 10. The molecule has 0 spiro atoms. The van der Waals surface area contributed by atoms with Crippen molar-refractivity contribution < 1.29 is 14.7 Å². The average Bonchev–Trinajstić information content (AvgIpc) is 3.68. The number of thioether (sulfide) groups is 1. The maximum absolute atomic E-state index is 14.4. The highest BCUT2D eigenvalue weighted by Crippen LogP contribution is 2.54. The molecule has 2 aliphatic rings. The second-order valence-electron chi connectivity index (χ2n) is 10.1. The largest absolute Gasteiger partial charge is 0.389 e. The smallest absolute Gasteiger partial charge is 0.229 e. The molecular formula is C28H33Cl2NO3S. The number of carbonyl (C=O) groups is 2. The van der Waals surface area contributed by atoms with Crippen LogP contribution in [0.4, 0.5) is 0 Å². The molecule has 1 heterocycles. The Kier molecular flexibility index (Phi) is 8.53. The lowest BCUT2D eigenvalue weighted by atomic mass is 9.66. The molecule has 4 rings (SSSR count). The molecule has 1 aliphatic carbocycles. The standard InChI is InChI=1S/C28H33Cl2NO3S/c1-3-35-17-25(18-7-8-18)31-26(19-9-11-21(29)12-10-19)24(20-5-4-6-22(30)13-20)15-28(2,27(31)34)14-23(33)16-32/h4-6,9-13,18,24-26,32H,3,7-8,14-17H2,1-2H3/t24-,25?,26-,28+/m1/s1. The molecule has 4 nitrogen and oxygen atoms in total. The number of Topliss-reactive ketones (excluding diaryl/α,β-unsaturated/α-hetero) is 1. The molecule has 1 saturated carbocycles. The van der Waals surface area contributed by atoms with Crippen LogP contribution in [0.2, 0.25) is 10.0 Å². The molecular weight excluding hydrogens is 501 g/mol. The zero-order chi connectivity index (χ0) is 25.2. The minimum Gasteiger partial charge on any atom is -0.389 e. The Labute approximate surface area is 222 Å². The molecule has 0 radical (unpaired) electrons. The quantitative estimate of drug-likeness (QED) is 0.376. The van der Waals surface area contributed by atoms with Crippen LogP contribution in [-0.2, 0) is 9.59 Å². The summed E-state index contributed by atoms with van der Waals surface area (Å²) in [6, 6.07) is 15.5. The normalized spacial score (nSPS) is 25.5. The number of hydrogen-bond acceptors (Lipinski definition) is 4. The van der Waals surface area contributed by atoms with Gasteiger partial charge in [-0.3, -0.25) is 9.59 Å². The van der Waals surface area contributed by atoms with E-state index in [1.54, 1.807) is 0 Å². The van der Waals surface area contributed by atoms with E-state index in [1.165, 1.54) is 0 Å². The second kappa shape index (κ2) is 11.2.